The summed E-state index contributed by atoms with van der Waals surface area (Å²) in [5, 5.41) is 43.3. The predicted octanol–water partition coefficient (Wildman–Crippen LogP) is 8.62. The van der Waals surface area contributed by atoms with Crippen LogP contribution in [-0.2, 0) is 4.79 Å². The molecule has 0 saturated carbocycles. The summed E-state index contributed by atoms with van der Waals surface area (Å²) in [7, 11) is 0. The third kappa shape index (κ3) is 26.9. The van der Waals surface area contributed by atoms with Gasteiger partial charge in [0, 0.05) is 0 Å². The maximum atomic E-state index is 12.4. The topological polar surface area (TPSA) is 110 Å². The zero-order chi connectivity index (χ0) is 32.5. The third-order valence-electron chi connectivity index (χ3n) is 8.30. The molecule has 44 heavy (non-hydrogen) atoms. The molecule has 0 heterocycles. The molecule has 0 spiro atoms. The Hall–Kier alpha value is -1.47. The van der Waals surface area contributed by atoms with Crippen LogP contribution in [0.15, 0.2) is 36.5 Å². The van der Waals surface area contributed by atoms with Crippen LogP contribution in [0.5, 0.6) is 0 Å². The van der Waals surface area contributed by atoms with Gasteiger partial charge in [-0.2, -0.15) is 0 Å². The van der Waals surface area contributed by atoms with Crippen molar-refractivity contribution in [2.75, 3.05) is 6.61 Å². The maximum Gasteiger partial charge on any atom is 0.249 e. The fourth-order valence-electron chi connectivity index (χ4n) is 5.29. The molecule has 0 radical (unpaired) electrons. The van der Waals surface area contributed by atoms with Gasteiger partial charge in [0.05, 0.1) is 18.8 Å². The van der Waals surface area contributed by atoms with Gasteiger partial charge in [0.2, 0.25) is 5.91 Å². The second kappa shape index (κ2) is 32.9. The van der Waals surface area contributed by atoms with E-state index in [1.807, 2.05) is 0 Å². The molecule has 0 aliphatic carbocycles. The lowest BCUT2D eigenvalue weighted by Crippen LogP contribution is -2.53. The molecule has 6 heteroatoms. The van der Waals surface area contributed by atoms with Crippen LogP contribution in [0, 0.1) is 0 Å². The van der Waals surface area contributed by atoms with Crippen LogP contribution < -0.4 is 5.32 Å². The number of unbranched alkanes of at least 4 members (excludes halogenated alkanes) is 17. The van der Waals surface area contributed by atoms with Crippen molar-refractivity contribution in [1.29, 1.82) is 0 Å². The molecule has 6 nitrogen and oxygen atoms in total. The largest absolute Gasteiger partial charge is 0.394 e. The van der Waals surface area contributed by atoms with E-state index in [4.69, 9.17) is 0 Å². The Kier molecular flexibility index (Phi) is 31.8. The van der Waals surface area contributed by atoms with Gasteiger partial charge < -0.3 is 25.7 Å². The second-order valence-corrected chi connectivity index (χ2v) is 12.5. The van der Waals surface area contributed by atoms with E-state index in [1.54, 1.807) is 0 Å². The molecule has 0 rings (SSSR count). The number of carbonyl (C=O) groups excluding carboxylic acids is 1. The van der Waals surface area contributed by atoms with Gasteiger partial charge in [-0.25, -0.2) is 0 Å². The minimum atomic E-state index is -1.29. The summed E-state index contributed by atoms with van der Waals surface area (Å²) in [5.41, 5.74) is 0. The molecule has 4 atom stereocenters. The molecule has 4 unspecified atom stereocenters. The summed E-state index contributed by atoms with van der Waals surface area (Å²) in [5.74, 6) is -0.610. The van der Waals surface area contributed by atoms with Gasteiger partial charge in [0.1, 0.15) is 12.2 Å². The Morgan fingerprint density at radius 1 is 0.545 bits per heavy atom. The number of hydrogen-bond donors (Lipinski definition) is 5. The van der Waals surface area contributed by atoms with Crippen molar-refractivity contribution in [3.63, 3.8) is 0 Å². The van der Waals surface area contributed by atoms with Gasteiger partial charge in [-0.05, 0) is 77.0 Å². The SMILES string of the molecule is CCCCCC/C=C/CC/C=C/CCCC(O)C(O)C(CO)NC(=O)C(O)CCCCCC/C=C\CCCCCCCCC. The van der Waals surface area contributed by atoms with Crippen LogP contribution in [0.25, 0.3) is 0 Å². The lowest BCUT2D eigenvalue weighted by Gasteiger charge is -2.27. The van der Waals surface area contributed by atoms with Gasteiger partial charge in [-0.15, -0.1) is 0 Å². The molecule has 0 aromatic rings. The van der Waals surface area contributed by atoms with Gasteiger partial charge in [-0.3, -0.25) is 4.79 Å². The molecule has 0 aliphatic rings. The van der Waals surface area contributed by atoms with Crippen LogP contribution >= 0.6 is 0 Å². The van der Waals surface area contributed by atoms with E-state index in [2.05, 4.69) is 55.6 Å². The van der Waals surface area contributed by atoms with Gasteiger partial charge in [-0.1, -0.05) is 127 Å². The number of rotatable bonds is 32. The summed E-state index contributed by atoms with van der Waals surface area (Å²) < 4.78 is 0. The highest BCUT2D eigenvalue weighted by Crippen LogP contribution is 2.13. The summed E-state index contributed by atoms with van der Waals surface area (Å²) in [6.45, 7) is 3.97. The summed E-state index contributed by atoms with van der Waals surface area (Å²) in [4.78, 5) is 12.4. The fraction of sp³-hybridized carbons (Fsp3) is 0.816. The molecule has 0 aliphatic heterocycles. The van der Waals surface area contributed by atoms with Crippen LogP contribution in [0.1, 0.15) is 168 Å². The van der Waals surface area contributed by atoms with Gasteiger partial charge in [0.25, 0.3) is 0 Å². The van der Waals surface area contributed by atoms with Crippen molar-refractivity contribution in [2.24, 2.45) is 0 Å². The number of nitrogens with one attached hydrogen (secondary N) is 1. The Morgan fingerprint density at radius 2 is 0.955 bits per heavy atom. The monoisotopic (exact) mass is 622 g/mol. The van der Waals surface area contributed by atoms with Crippen LogP contribution in [0.3, 0.4) is 0 Å². The molecular weight excluding hydrogens is 550 g/mol. The lowest BCUT2D eigenvalue weighted by atomic mass is 10.00. The Balaban J connectivity index is 3.92. The zero-order valence-corrected chi connectivity index (χ0v) is 28.6. The first kappa shape index (κ1) is 42.5. The second-order valence-electron chi connectivity index (χ2n) is 12.5. The minimum absolute atomic E-state index is 0.345. The summed E-state index contributed by atoms with van der Waals surface area (Å²) in [6, 6.07) is -1.01. The molecular formula is C38H71NO5. The quantitative estimate of drug-likeness (QED) is 0.0382. The van der Waals surface area contributed by atoms with E-state index in [9.17, 15) is 25.2 Å². The van der Waals surface area contributed by atoms with Crippen molar-refractivity contribution >= 4 is 5.91 Å². The molecule has 0 bridgehead atoms. The van der Waals surface area contributed by atoms with E-state index >= 15 is 0 Å². The Morgan fingerprint density at radius 3 is 1.45 bits per heavy atom. The molecule has 258 valence electrons. The van der Waals surface area contributed by atoms with Crippen molar-refractivity contribution < 1.29 is 25.2 Å². The minimum Gasteiger partial charge on any atom is -0.394 e. The van der Waals surface area contributed by atoms with Crippen molar-refractivity contribution in [3.8, 4) is 0 Å². The first-order valence-electron chi connectivity index (χ1n) is 18.4. The van der Waals surface area contributed by atoms with E-state index in [1.165, 1.54) is 77.0 Å². The molecule has 0 aromatic heterocycles. The molecule has 0 aromatic carbocycles. The summed E-state index contributed by atoms with van der Waals surface area (Å²) >= 11 is 0. The van der Waals surface area contributed by atoms with Crippen LogP contribution in [0.4, 0.5) is 0 Å². The van der Waals surface area contributed by atoms with E-state index in [0.29, 0.717) is 19.3 Å². The highest BCUT2D eigenvalue weighted by Gasteiger charge is 2.28. The van der Waals surface area contributed by atoms with E-state index < -0.39 is 36.9 Å². The number of hydrogen-bond acceptors (Lipinski definition) is 5. The standard InChI is InChI=1S/C38H71NO5/c1-3-5-7-9-11-13-15-17-18-20-22-24-26-28-30-32-36(42)38(44)39-34(33-40)37(43)35(41)31-29-27-25-23-21-19-16-14-12-10-8-6-4-2/h14,16,18,20,23,25,34-37,40-43H,3-13,15,17,19,21-22,24,26-33H2,1-2H3,(H,39,44)/b16-14+,20-18-,25-23+. The first-order valence-corrected chi connectivity index (χ1v) is 18.4. The number of amides is 1. The van der Waals surface area contributed by atoms with Crippen molar-refractivity contribution in [2.45, 2.75) is 192 Å². The summed E-state index contributed by atoms with van der Waals surface area (Å²) in [6.07, 6.45) is 35.9. The van der Waals surface area contributed by atoms with Crippen LogP contribution in [-0.4, -0.2) is 57.3 Å². The highest BCUT2D eigenvalue weighted by molar-refractivity contribution is 5.80. The molecule has 0 saturated heterocycles. The number of aliphatic hydroxyl groups excluding tert-OH is 4. The van der Waals surface area contributed by atoms with Crippen molar-refractivity contribution in [1.82, 2.24) is 5.32 Å². The Bertz CT molecular complexity index is 707. The van der Waals surface area contributed by atoms with Gasteiger partial charge in [0.15, 0.2) is 0 Å². The Labute approximate surface area is 271 Å². The van der Waals surface area contributed by atoms with Crippen LogP contribution in [0.2, 0.25) is 0 Å². The highest BCUT2D eigenvalue weighted by atomic mass is 16.3. The average Bonchev–Trinajstić information content (AvgIpc) is 3.03. The van der Waals surface area contributed by atoms with E-state index in [0.717, 1.165) is 57.8 Å². The van der Waals surface area contributed by atoms with E-state index in [-0.39, 0.29) is 0 Å². The maximum absolute atomic E-state index is 12.4. The molecule has 1 amide bonds. The predicted molar refractivity (Wildman–Crippen MR) is 187 cm³/mol. The number of allylic oxidation sites excluding steroid dienone is 6. The third-order valence-corrected chi connectivity index (χ3v) is 8.30. The molecule has 5 N–H and O–H groups in total. The van der Waals surface area contributed by atoms with Crippen molar-refractivity contribution in [3.05, 3.63) is 36.5 Å². The van der Waals surface area contributed by atoms with Gasteiger partial charge >= 0.3 is 0 Å². The normalized spacial score (nSPS) is 15.0. The lowest BCUT2D eigenvalue weighted by molar-refractivity contribution is -0.132. The first-order chi connectivity index (χ1) is 21.5. The number of aliphatic hydroxyl groups is 4. The molecule has 0 fully saturated rings. The average molecular weight is 622 g/mol. The smallest absolute Gasteiger partial charge is 0.249 e. The fourth-order valence-corrected chi connectivity index (χ4v) is 5.29. The number of carbonyl (C=O) groups is 1. The zero-order valence-electron chi connectivity index (χ0n) is 28.6.